The minimum absolute atomic E-state index is 0.644. The van der Waals surface area contributed by atoms with Crippen LogP contribution in [0.15, 0.2) is 30.5 Å². The van der Waals surface area contributed by atoms with Gasteiger partial charge in [0.15, 0.2) is 5.69 Å². The summed E-state index contributed by atoms with van der Waals surface area (Å²) in [6.45, 7) is 6.87. The van der Waals surface area contributed by atoms with Gasteiger partial charge >= 0.3 is 0 Å². The maximum atomic E-state index is 6.87. The highest BCUT2D eigenvalue weighted by atomic mass is 16.5. The first-order valence-electron chi connectivity index (χ1n) is 3.54. The molecule has 12 heavy (non-hydrogen) atoms. The molecule has 0 N–H and O–H groups in total. The molecule has 0 radical (unpaired) electrons. The zero-order chi connectivity index (χ0) is 8.81. The molecule has 0 spiro atoms. The van der Waals surface area contributed by atoms with Crippen molar-refractivity contribution in [2.24, 2.45) is 0 Å². The number of hydrogen-bond acceptors (Lipinski definition) is 1. The maximum absolute atomic E-state index is 6.87. The molecule has 0 fully saturated rings. The van der Waals surface area contributed by atoms with Crippen molar-refractivity contribution in [3.8, 4) is 0 Å². The standard InChI is InChI=1S/C10H9NO/c1-11-10-6-4-3-5-9(10)7-8-12-2/h3-8H,2H3/b8-7+. The van der Waals surface area contributed by atoms with Gasteiger partial charge in [-0.2, -0.15) is 0 Å². The summed E-state index contributed by atoms with van der Waals surface area (Å²) < 4.78 is 4.76. The van der Waals surface area contributed by atoms with E-state index in [2.05, 4.69) is 4.85 Å². The lowest BCUT2D eigenvalue weighted by Gasteiger charge is -1.95. The van der Waals surface area contributed by atoms with Crippen molar-refractivity contribution in [2.45, 2.75) is 0 Å². The zero-order valence-electron chi connectivity index (χ0n) is 6.82. The van der Waals surface area contributed by atoms with Crippen molar-refractivity contribution < 1.29 is 4.74 Å². The molecule has 0 unspecified atom stereocenters. The van der Waals surface area contributed by atoms with Crippen LogP contribution < -0.4 is 0 Å². The Morgan fingerprint density at radius 1 is 1.42 bits per heavy atom. The Bertz CT molecular complexity index is 323. The molecular weight excluding hydrogens is 150 g/mol. The fraction of sp³-hybridized carbons (Fsp3) is 0.100. The van der Waals surface area contributed by atoms with Crippen molar-refractivity contribution in [2.75, 3.05) is 7.11 Å². The topological polar surface area (TPSA) is 13.6 Å². The van der Waals surface area contributed by atoms with Crippen LogP contribution >= 0.6 is 0 Å². The Labute approximate surface area is 71.9 Å². The summed E-state index contributed by atoms with van der Waals surface area (Å²) in [7, 11) is 1.58. The highest BCUT2D eigenvalue weighted by Gasteiger charge is 1.94. The molecule has 0 atom stereocenters. The van der Waals surface area contributed by atoms with Crippen molar-refractivity contribution in [1.82, 2.24) is 0 Å². The predicted molar refractivity (Wildman–Crippen MR) is 48.7 cm³/mol. The fourth-order valence-corrected chi connectivity index (χ4v) is 0.872. The molecule has 0 aliphatic carbocycles. The Morgan fingerprint density at radius 2 is 2.17 bits per heavy atom. The van der Waals surface area contributed by atoms with Gasteiger partial charge in [0.25, 0.3) is 0 Å². The highest BCUT2D eigenvalue weighted by molar-refractivity contribution is 5.66. The molecule has 2 nitrogen and oxygen atoms in total. The van der Waals surface area contributed by atoms with Crippen LogP contribution in [0.25, 0.3) is 10.9 Å². The van der Waals surface area contributed by atoms with E-state index >= 15 is 0 Å². The maximum Gasteiger partial charge on any atom is 0.194 e. The van der Waals surface area contributed by atoms with Gasteiger partial charge in [-0.05, 0) is 11.6 Å². The molecule has 1 aromatic rings. The summed E-state index contributed by atoms with van der Waals surface area (Å²) in [5, 5.41) is 0. The van der Waals surface area contributed by atoms with Gasteiger partial charge in [-0.1, -0.05) is 24.3 Å². The Kier molecular flexibility index (Phi) is 2.92. The van der Waals surface area contributed by atoms with Gasteiger partial charge in [0.2, 0.25) is 0 Å². The number of hydrogen-bond donors (Lipinski definition) is 0. The molecule has 0 amide bonds. The van der Waals surface area contributed by atoms with Crippen molar-refractivity contribution >= 4 is 11.8 Å². The SMILES string of the molecule is [C-]#[N+]c1ccccc1/C=C/OC. The molecule has 0 saturated heterocycles. The molecule has 1 aromatic carbocycles. The summed E-state index contributed by atoms with van der Waals surface area (Å²) in [6, 6.07) is 7.40. The normalized spacial score (nSPS) is 9.67. The van der Waals surface area contributed by atoms with E-state index in [4.69, 9.17) is 11.3 Å². The number of nitrogens with zero attached hydrogens (tertiary/aromatic N) is 1. The molecule has 2 heteroatoms. The molecule has 1 rings (SSSR count). The lowest BCUT2D eigenvalue weighted by molar-refractivity contribution is 0.341. The van der Waals surface area contributed by atoms with Crippen LogP contribution in [-0.2, 0) is 4.74 Å². The average molecular weight is 159 g/mol. The molecule has 0 aromatic heterocycles. The van der Waals surface area contributed by atoms with E-state index < -0.39 is 0 Å². The van der Waals surface area contributed by atoms with Crippen LogP contribution in [0.2, 0.25) is 0 Å². The van der Waals surface area contributed by atoms with Crippen molar-refractivity contribution in [1.29, 1.82) is 0 Å². The third-order valence-corrected chi connectivity index (χ3v) is 1.44. The number of rotatable bonds is 2. The van der Waals surface area contributed by atoms with Crippen molar-refractivity contribution in [3.63, 3.8) is 0 Å². The monoisotopic (exact) mass is 159 g/mol. The van der Waals surface area contributed by atoms with E-state index in [1.165, 1.54) is 0 Å². The van der Waals surface area contributed by atoms with E-state index in [1.54, 1.807) is 25.5 Å². The first-order chi connectivity index (χ1) is 5.88. The van der Waals surface area contributed by atoms with E-state index in [9.17, 15) is 0 Å². The second-order valence-corrected chi connectivity index (χ2v) is 2.21. The lowest BCUT2D eigenvalue weighted by atomic mass is 10.2. The second-order valence-electron chi connectivity index (χ2n) is 2.21. The van der Waals surface area contributed by atoms with E-state index in [-0.39, 0.29) is 0 Å². The van der Waals surface area contributed by atoms with Crippen LogP contribution in [-0.4, -0.2) is 7.11 Å². The van der Waals surface area contributed by atoms with Gasteiger partial charge in [0, 0.05) is 0 Å². The van der Waals surface area contributed by atoms with E-state index in [1.807, 2.05) is 18.2 Å². The Balaban J connectivity index is 2.99. The minimum Gasteiger partial charge on any atom is -0.504 e. The van der Waals surface area contributed by atoms with Crippen molar-refractivity contribution in [3.05, 3.63) is 47.5 Å². The van der Waals surface area contributed by atoms with Crippen LogP contribution in [0.4, 0.5) is 5.69 Å². The molecule has 0 saturated carbocycles. The summed E-state index contributed by atoms with van der Waals surface area (Å²) in [5.41, 5.74) is 1.53. The van der Waals surface area contributed by atoms with Gasteiger partial charge in [-0.15, -0.1) is 0 Å². The summed E-state index contributed by atoms with van der Waals surface area (Å²) in [6.07, 6.45) is 3.33. The third-order valence-electron chi connectivity index (χ3n) is 1.44. The van der Waals surface area contributed by atoms with E-state index in [0.717, 1.165) is 5.56 Å². The molecular formula is C10H9NO. The van der Waals surface area contributed by atoms with Crippen LogP contribution in [0.1, 0.15) is 5.56 Å². The van der Waals surface area contributed by atoms with Gasteiger partial charge in [-0.3, -0.25) is 0 Å². The molecule has 0 aliphatic heterocycles. The first kappa shape index (κ1) is 8.35. The predicted octanol–water partition coefficient (Wildman–Crippen LogP) is 2.85. The number of benzene rings is 1. The summed E-state index contributed by atoms with van der Waals surface area (Å²) in [4.78, 5) is 3.37. The molecule has 0 aliphatic rings. The van der Waals surface area contributed by atoms with Gasteiger partial charge in [0.05, 0.1) is 19.9 Å². The largest absolute Gasteiger partial charge is 0.504 e. The molecule has 0 bridgehead atoms. The summed E-state index contributed by atoms with van der Waals surface area (Å²) >= 11 is 0. The molecule has 0 heterocycles. The highest BCUT2D eigenvalue weighted by Crippen LogP contribution is 2.19. The number of para-hydroxylation sites is 1. The summed E-state index contributed by atoms with van der Waals surface area (Å²) in [5.74, 6) is 0. The fourth-order valence-electron chi connectivity index (χ4n) is 0.872. The third kappa shape index (κ3) is 1.86. The zero-order valence-corrected chi connectivity index (χ0v) is 6.82. The average Bonchev–Trinajstić information content (AvgIpc) is 2.15. The number of ether oxygens (including phenoxy) is 1. The second kappa shape index (κ2) is 4.20. The van der Waals surface area contributed by atoms with Crippen LogP contribution in [0.5, 0.6) is 0 Å². The van der Waals surface area contributed by atoms with Gasteiger partial charge in [0.1, 0.15) is 0 Å². The minimum atomic E-state index is 0.644. The van der Waals surface area contributed by atoms with Crippen LogP contribution in [0.3, 0.4) is 0 Å². The molecule has 60 valence electrons. The Morgan fingerprint density at radius 3 is 2.83 bits per heavy atom. The Hall–Kier alpha value is -1.75. The quantitative estimate of drug-likeness (QED) is 0.478. The first-order valence-corrected chi connectivity index (χ1v) is 3.54. The van der Waals surface area contributed by atoms with Gasteiger partial charge < -0.3 is 4.74 Å². The lowest BCUT2D eigenvalue weighted by Crippen LogP contribution is -1.72. The van der Waals surface area contributed by atoms with E-state index in [0.29, 0.717) is 5.69 Å². The van der Waals surface area contributed by atoms with Gasteiger partial charge in [-0.25, -0.2) is 4.85 Å². The van der Waals surface area contributed by atoms with Crippen LogP contribution in [0, 0.1) is 6.57 Å². The number of methoxy groups -OCH3 is 1. The smallest absolute Gasteiger partial charge is 0.194 e.